The lowest BCUT2D eigenvalue weighted by Crippen LogP contribution is -2.36. The highest BCUT2D eigenvalue weighted by atomic mass is 32.2. The van der Waals surface area contributed by atoms with Crippen molar-refractivity contribution >= 4 is 49.5 Å². The van der Waals surface area contributed by atoms with Crippen LogP contribution in [0.3, 0.4) is 0 Å². The Morgan fingerprint density at radius 2 is 2.14 bits per heavy atom. The zero-order valence-corrected chi connectivity index (χ0v) is 15.1. The van der Waals surface area contributed by atoms with E-state index in [1.807, 2.05) is 18.2 Å². The summed E-state index contributed by atoms with van der Waals surface area (Å²) in [5.41, 5.74) is 1.08. The second-order valence-corrected chi connectivity index (χ2v) is 8.36. The molecule has 0 radical (unpaired) electrons. The summed E-state index contributed by atoms with van der Waals surface area (Å²) in [6, 6.07) is 8.05. The number of nitrogens with zero attached hydrogens (tertiary/aromatic N) is 1. The number of rotatable bonds is 7. The van der Waals surface area contributed by atoms with E-state index in [0.29, 0.717) is 13.0 Å². The van der Waals surface area contributed by atoms with Crippen LogP contribution in [0.4, 0.5) is 0 Å². The Morgan fingerprint density at radius 3 is 2.77 bits per heavy atom. The van der Waals surface area contributed by atoms with E-state index < -0.39 is 10.1 Å². The van der Waals surface area contributed by atoms with Crippen molar-refractivity contribution in [1.29, 1.82) is 0 Å². The zero-order chi connectivity index (χ0) is 16.2. The fourth-order valence-electron chi connectivity index (χ4n) is 2.23. The summed E-state index contributed by atoms with van der Waals surface area (Å²) < 4.78 is 35.7. The van der Waals surface area contributed by atoms with Gasteiger partial charge in [-0.15, -0.1) is 11.8 Å². The third kappa shape index (κ3) is 4.55. The van der Waals surface area contributed by atoms with Gasteiger partial charge in [0.25, 0.3) is 5.01 Å². The monoisotopic (exact) mass is 357 g/mol. The minimum atomic E-state index is -4.16. The van der Waals surface area contributed by atoms with Crippen molar-refractivity contribution < 1.29 is 17.5 Å². The van der Waals surface area contributed by atoms with Gasteiger partial charge in [0.05, 0.1) is 10.1 Å². The minimum absolute atomic E-state index is 0.323. The molecule has 0 N–H and O–H groups in total. The molecule has 0 bridgehead atoms. The molecule has 0 aliphatic heterocycles. The molecule has 0 aliphatic rings. The number of para-hydroxylation sites is 1. The molecule has 22 heavy (non-hydrogen) atoms. The molecule has 0 fully saturated rings. The molecule has 1 heterocycles. The number of thioether (sulfide) groups is 1. The Bertz CT molecular complexity index is 772. The van der Waals surface area contributed by atoms with Gasteiger partial charge in [-0.2, -0.15) is 4.57 Å². The van der Waals surface area contributed by atoms with Crippen LogP contribution in [-0.4, -0.2) is 25.0 Å². The van der Waals surface area contributed by atoms with Crippen LogP contribution in [0.15, 0.2) is 29.2 Å². The average molecular weight is 358 g/mol. The Kier molecular flexibility index (Phi) is 6.02. The van der Waals surface area contributed by atoms with Gasteiger partial charge in [0.15, 0.2) is 6.54 Å². The first-order chi connectivity index (χ1) is 10.4. The van der Waals surface area contributed by atoms with Crippen molar-refractivity contribution in [3.63, 3.8) is 0 Å². The van der Waals surface area contributed by atoms with Crippen LogP contribution < -0.4 is 4.57 Å². The van der Waals surface area contributed by atoms with Gasteiger partial charge in [-0.3, -0.25) is 0 Å². The Labute approximate surface area is 139 Å². The van der Waals surface area contributed by atoms with Crippen LogP contribution in [0.2, 0.25) is 0 Å². The summed E-state index contributed by atoms with van der Waals surface area (Å²) in [5.74, 6) is -0.323. The molecule has 0 saturated carbocycles. The molecule has 1 aromatic heterocycles. The summed E-state index contributed by atoms with van der Waals surface area (Å²) in [5, 5.41) is 1.09. The molecule has 2 aromatic rings. The second kappa shape index (κ2) is 7.59. The zero-order valence-electron chi connectivity index (χ0n) is 12.6. The van der Waals surface area contributed by atoms with E-state index in [1.165, 1.54) is 4.91 Å². The molecule has 1 aromatic carbocycles. The standard InChI is InChI=1S/C15H19NO3S3/c1-3-12(20-2)11-15-16(9-6-10-22(17,18)19)13-7-4-5-8-14(13)21-15/h4-5,7-8,11H,3,6,9-10H2,1-2H3. The van der Waals surface area contributed by atoms with Crippen LogP contribution in [0, 0.1) is 0 Å². The summed E-state index contributed by atoms with van der Waals surface area (Å²) in [6.45, 7) is 2.65. The van der Waals surface area contributed by atoms with E-state index >= 15 is 0 Å². The largest absolute Gasteiger partial charge is 0.748 e. The number of fused-ring (bicyclic) bond motifs is 1. The third-order valence-electron chi connectivity index (χ3n) is 3.31. The number of benzene rings is 1. The van der Waals surface area contributed by atoms with Crippen LogP contribution in [0.1, 0.15) is 24.8 Å². The fourth-order valence-corrected chi connectivity index (χ4v) is 4.46. The number of hydrogen-bond donors (Lipinski definition) is 0. The smallest absolute Gasteiger partial charge is 0.263 e. The highest BCUT2D eigenvalue weighted by molar-refractivity contribution is 8.02. The third-order valence-corrected chi connectivity index (χ3v) is 6.14. The van der Waals surface area contributed by atoms with Crippen molar-refractivity contribution in [2.45, 2.75) is 26.3 Å². The summed E-state index contributed by atoms with van der Waals surface area (Å²) in [6.07, 6.45) is 5.50. The molecular weight excluding hydrogens is 338 g/mol. The van der Waals surface area contributed by atoms with Gasteiger partial charge in [-0.05, 0) is 23.6 Å². The molecular formula is C15H19NO3S3. The van der Waals surface area contributed by atoms with Gasteiger partial charge in [0.2, 0.25) is 5.52 Å². The summed E-state index contributed by atoms with van der Waals surface area (Å²) in [7, 11) is -4.16. The van der Waals surface area contributed by atoms with E-state index in [-0.39, 0.29) is 5.75 Å². The summed E-state index contributed by atoms with van der Waals surface area (Å²) in [4.78, 5) is 1.27. The van der Waals surface area contributed by atoms with Gasteiger partial charge in [-0.25, -0.2) is 8.42 Å². The number of allylic oxidation sites excluding steroid dienone is 1. The molecule has 0 unspecified atom stereocenters. The lowest BCUT2D eigenvalue weighted by Gasteiger charge is -2.04. The highest BCUT2D eigenvalue weighted by Gasteiger charge is 2.18. The quantitative estimate of drug-likeness (QED) is 0.564. The van der Waals surface area contributed by atoms with Crippen molar-refractivity contribution in [3.8, 4) is 0 Å². The molecule has 7 heteroatoms. The molecule has 0 aliphatic carbocycles. The lowest BCUT2D eigenvalue weighted by atomic mass is 10.3. The molecule has 120 valence electrons. The van der Waals surface area contributed by atoms with Gasteiger partial charge in [0, 0.05) is 24.3 Å². The molecule has 0 amide bonds. The molecule has 0 saturated heterocycles. The van der Waals surface area contributed by atoms with Crippen LogP contribution in [0.25, 0.3) is 16.3 Å². The number of aryl methyl sites for hydroxylation is 1. The van der Waals surface area contributed by atoms with E-state index in [4.69, 9.17) is 0 Å². The van der Waals surface area contributed by atoms with Crippen LogP contribution in [0.5, 0.6) is 0 Å². The van der Waals surface area contributed by atoms with Crippen molar-refractivity contribution in [2.24, 2.45) is 0 Å². The van der Waals surface area contributed by atoms with Gasteiger partial charge >= 0.3 is 0 Å². The van der Waals surface area contributed by atoms with Gasteiger partial charge in [-0.1, -0.05) is 30.4 Å². The van der Waals surface area contributed by atoms with E-state index in [1.54, 1.807) is 23.1 Å². The Hall–Kier alpha value is -0.890. The minimum Gasteiger partial charge on any atom is -0.748 e. The maximum atomic E-state index is 10.8. The lowest BCUT2D eigenvalue weighted by molar-refractivity contribution is -0.668. The van der Waals surface area contributed by atoms with Crippen LogP contribution in [-0.2, 0) is 16.7 Å². The van der Waals surface area contributed by atoms with Crippen molar-refractivity contribution in [2.75, 3.05) is 12.0 Å². The first-order valence-electron chi connectivity index (χ1n) is 7.04. The predicted octanol–water partition coefficient (Wildman–Crippen LogP) is 3.24. The predicted molar refractivity (Wildman–Crippen MR) is 93.0 cm³/mol. The molecule has 0 spiro atoms. The number of hydrogen-bond acceptors (Lipinski definition) is 5. The molecule has 4 nitrogen and oxygen atoms in total. The van der Waals surface area contributed by atoms with E-state index in [0.717, 1.165) is 21.6 Å². The SMILES string of the molecule is CCC(=Cc1sc2ccccc2[n+]1CCCS(=O)(=O)[O-])SC. The molecule has 2 rings (SSSR count). The Morgan fingerprint density at radius 1 is 1.41 bits per heavy atom. The molecule has 0 atom stereocenters. The second-order valence-electron chi connectivity index (χ2n) is 4.84. The van der Waals surface area contributed by atoms with E-state index in [2.05, 4.69) is 29.9 Å². The normalized spacial score (nSPS) is 13.0. The Balaban J connectivity index is 2.38. The number of thiazole rings is 1. The van der Waals surface area contributed by atoms with Gasteiger partial charge in [0.1, 0.15) is 4.70 Å². The van der Waals surface area contributed by atoms with Crippen LogP contribution >= 0.6 is 23.1 Å². The topological polar surface area (TPSA) is 61.1 Å². The summed E-state index contributed by atoms with van der Waals surface area (Å²) >= 11 is 3.41. The maximum absolute atomic E-state index is 10.8. The fraction of sp³-hybridized carbons (Fsp3) is 0.400. The first kappa shape index (κ1) is 17.5. The number of aromatic nitrogens is 1. The first-order valence-corrected chi connectivity index (χ1v) is 10.7. The van der Waals surface area contributed by atoms with Gasteiger partial charge < -0.3 is 4.55 Å². The highest BCUT2D eigenvalue weighted by Crippen LogP contribution is 2.25. The van der Waals surface area contributed by atoms with Crippen molar-refractivity contribution in [1.82, 2.24) is 0 Å². The average Bonchev–Trinajstić information content (AvgIpc) is 2.81. The van der Waals surface area contributed by atoms with E-state index in [9.17, 15) is 13.0 Å². The maximum Gasteiger partial charge on any atom is 0.263 e. The van der Waals surface area contributed by atoms with Crippen molar-refractivity contribution in [3.05, 3.63) is 34.2 Å².